The molecule has 1 aliphatic rings. The Morgan fingerprint density at radius 1 is 1.14 bits per heavy atom. The second kappa shape index (κ2) is 5.40. The molecule has 1 atom stereocenters. The quantitative estimate of drug-likeness (QED) is 0.669. The van der Waals surface area contributed by atoms with E-state index < -0.39 is 0 Å². The Morgan fingerprint density at radius 2 is 2.10 bits per heavy atom. The number of rotatable bonds is 2. The fourth-order valence-corrected chi connectivity index (χ4v) is 5.23. The third-order valence-electron chi connectivity index (χ3n) is 3.81. The van der Waals surface area contributed by atoms with Crippen LogP contribution in [0.2, 0.25) is 0 Å². The molecule has 2 nitrogen and oxygen atoms in total. The molecule has 106 valence electrons. The van der Waals surface area contributed by atoms with Crippen LogP contribution in [0.5, 0.6) is 0 Å². The van der Waals surface area contributed by atoms with E-state index in [1.165, 1.54) is 15.3 Å². The molecular weight excluding hydrogens is 318 g/mol. The van der Waals surface area contributed by atoms with Gasteiger partial charge in [0.05, 0.1) is 11.6 Å². The van der Waals surface area contributed by atoms with Crippen molar-refractivity contribution in [3.63, 3.8) is 0 Å². The average molecular weight is 331 g/mol. The average Bonchev–Trinajstić information content (AvgIpc) is 3.25. The van der Waals surface area contributed by atoms with Gasteiger partial charge in [-0.05, 0) is 46.3 Å². The van der Waals surface area contributed by atoms with Crippen molar-refractivity contribution in [2.45, 2.75) is 12.5 Å². The van der Waals surface area contributed by atoms with Gasteiger partial charge in [0, 0.05) is 21.7 Å². The molecule has 0 unspecified atom stereocenters. The van der Waals surface area contributed by atoms with Crippen LogP contribution in [0.25, 0.3) is 0 Å². The first-order chi connectivity index (χ1) is 10.3. The van der Waals surface area contributed by atoms with Gasteiger partial charge in [-0.25, -0.2) is 0 Å². The highest BCUT2D eigenvalue weighted by Crippen LogP contribution is 2.40. The summed E-state index contributed by atoms with van der Waals surface area (Å²) in [6.07, 6.45) is 0.963. The van der Waals surface area contributed by atoms with Crippen LogP contribution in [-0.4, -0.2) is 17.4 Å². The van der Waals surface area contributed by atoms with E-state index in [1.54, 1.807) is 34.0 Å². The summed E-state index contributed by atoms with van der Waals surface area (Å²) in [4.78, 5) is 17.5. The van der Waals surface area contributed by atoms with Crippen LogP contribution in [-0.2, 0) is 6.42 Å². The van der Waals surface area contributed by atoms with Gasteiger partial charge in [-0.15, -0.1) is 22.7 Å². The minimum atomic E-state index is 0.0763. The van der Waals surface area contributed by atoms with Crippen LogP contribution < -0.4 is 0 Å². The largest absolute Gasteiger partial charge is 0.326 e. The van der Waals surface area contributed by atoms with Gasteiger partial charge in [0.15, 0.2) is 0 Å². The van der Waals surface area contributed by atoms with Gasteiger partial charge in [0.1, 0.15) is 0 Å². The molecule has 0 spiro atoms. The highest BCUT2D eigenvalue weighted by atomic mass is 32.1. The van der Waals surface area contributed by atoms with Crippen molar-refractivity contribution >= 4 is 39.9 Å². The molecule has 3 aromatic heterocycles. The van der Waals surface area contributed by atoms with E-state index in [9.17, 15) is 4.79 Å². The predicted octanol–water partition coefficient (Wildman–Crippen LogP) is 4.66. The first-order valence-corrected chi connectivity index (χ1v) is 9.47. The highest BCUT2D eigenvalue weighted by molar-refractivity contribution is 7.10. The summed E-state index contributed by atoms with van der Waals surface area (Å²) < 4.78 is 0. The molecule has 0 fully saturated rings. The zero-order valence-corrected chi connectivity index (χ0v) is 13.6. The third-order valence-corrected chi connectivity index (χ3v) is 6.41. The Hall–Kier alpha value is -1.43. The molecule has 0 saturated heterocycles. The molecule has 0 bridgehead atoms. The number of nitrogens with zero attached hydrogens (tertiary/aromatic N) is 1. The van der Waals surface area contributed by atoms with E-state index in [2.05, 4.69) is 29.0 Å². The first kappa shape index (κ1) is 13.2. The summed E-state index contributed by atoms with van der Waals surface area (Å²) in [5.41, 5.74) is 2.11. The van der Waals surface area contributed by atoms with E-state index in [1.807, 2.05) is 21.7 Å². The van der Waals surface area contributed by atoms with Gasteiger partial charge in [-0.2, -0.15) is 11.3 Å². The van der Waals surface area contributed by atoms with Crippen LogP contribution >= 0.6 is 34.0 Å². The summed E-state index contributed by atoms with van der Waals surface area (Å²) in [6.45, 7) is 0.796. The van der Waals surface area contributed by atoms with E-state index in [4.69, 9.17) is 0 Å². The Balaban J connectivity index is 1.78. The number of hydrogen-bond donors (Lipinski definition) is 0. The summed E-state index contributed by atoms with van der Waals surface area (Å²) in [5, 5.41) is 8.14. The maximum atomic E-state index is 12.8. The van der Waals surface area contributed by atoms with Gasteiger partial charge in [-0.1, -0.05) is 6.07 Å². The molecule has 0 aliphatic carbocycles. The van der Waals surface area contributed by atoms with Crippen LogP contribution in [0.1, 0.15) is 31.7 Å². The molecular formula is C16H13NOS3. The van der Waals surface area contributed by atoms with Crippen molar-refractivity contribution in [3.05, 3.63) is 66.7 Å². The number of amides is 1. The SMILES string of the molecule is O=C(c1ccsc1)N1CCc2sccc2[C@H]1c1cccs1. The molecule has 0 N–H and O–H groups in total. The molecule has 1 amide bonds. The second-order valence-corrected chi connectivity index (χ2v) is 7.74. The Morgan fingerprint density at radius 3 is 2.86 bits per heavy atom. The smallest absolute Gasteiger partial charge is 0.255 e. The molecule has 4 rings (SSSR count). The van der Waals surface area contributed by atoms with Gasteiger partial charge in [0.2, 0.25) is 0 Å². The molecule has 1 aliphatic heterocycles. The maximum absolute atomic E-state index is 12.8. The zero-order chi connectivity index (χ0) is 14.2. The standard InChI is InChI=1S/C16H13NOS3/c18-16(11-4-8-19-10-11)17-6-3-13-12(5-9-21-13)15(17)14-2-1-7-20-14/h1-2,4-5,7-10,15H,3,6H2/t15-/m0/s1. The van der Waals surface area contributed by atoms with Crippen molar-refractivity contribution in [1.29, 1.82) is 0 Å². The lowest BCUT2D eigenvalue weighted by Crippen LogP contribution is -2.39. The third kappa shape index (κ3) is 2.25. The highest BCUT2D eigenvalue weighted by Gasteiger charge is 2.33. The van der Waals surface area contributed by atoms with Gasteiger partial charge in [-0.3, -0.25) is 4.79 Å². The summed E-state index contributed by atoms with van der Waals surface area (Å²) in [6, 6.07) is 8.37. The normalized spacial score (nSPS) is 17.7. The number of carbonyl (C=O) groups is 1. The Bertz CT molecular complexity index is 742. The Kier molecular flexibility index (Phi) is 3.41. The fourth-order valence-electron chi connectivity index (χ4n) is 2.84. The molecule has 21 heavy (non-hydrogen) atoms. The lowest BCUT2D eigenvalue weighted by Gasteiger charge is -2.35. The topological polar surface area (TPSA) is 20.3 Å². The van der Waals surface area contributed by atoms with Crippen molar-refractivity contribution in [2.75, 3.05) is 6.54 Å². The minimum Gasteiger partial charge on any atom is -0.326 e. The number of thiophene rings is 3. The van der Waals surface area contributed by atoms with E-state index >= 15 is 0 Å². The molecule has 0 saturated carbocycles. The predicted molar refractivity (Wildman–Crippen MR) is 89.5 cm³/mol. The molecule has 5 heteroatoms. The molecule has 4 heterocycles. The monoisotopic (exact) mass is 331 g/mol. The zero-order valence-electron chi connectivity index (χ0n) is 11.2. The number of fused-ring (bicyclic) bond motifs is 1. The summed E-state index contributed by atoms with van der Waals surface area (Å²) in [7, 11) is 0. The van der Waals surface area contributed by atoms with Crippen molar-refractivity contribution < 1.29 is 4.79 Å². The van der Waals surface area contributed by atoms with Crippen molar-refractivity contribution in [2.24, 2.45) is 0 Å². The first-order valence-electron chi connectivity index (χ1n) is 6.77. The fraction of sp³-hybridized carbons (Fsp3) is 0.188. The lowest BCUT2D eigenvalue weighted by atomic mass is 9.98. The minimum absolute atomic E-state index is 0.0763. The van der Waals surface area contributed by atoms with Crippen LogP contribution in [0, 0.1) is 0 Å². The van der Waals surface area contributed by atoms with Gasteiger partial charge in [0.25, 0.3) is 5.91 Å². The number of carbonyl (C=O) groups excluding carboxylic acids is 1. The van der Waals surface area contributed by atoms with E-state index in [0.717, 1.165) is 18.5 Å². The summed E-state index contributed by atoms with van der Waals surface area (Å²) >= 11 is 5.11. The van der Waals surface area contributed by atoms with Crippen LogP contribution in [0.4, 0.5) is 0 Å². The van der Waals surface area contributed by atoms with E-state index in [-0.39, 0.29) is 11.9 Å². The van der Waals surface area contributed by atoms with Gasteiger partial charge >= 0.3 is 0 Å². The number of hydrogen-bond acceptors (Lipinski definition) is 4. The van der Waals surface area contributed by atoms with Crippen molar-refractivity contribution in [1.82, 2.24) is 4.90 Å². The van der Waals surface area contributed by atoms with Crippen LogP contribution in [0.3, 0.4) is 0 Å². The van der Waals surface area contributed by atoms with E-state index in [0.29, 0.717) is 0 Å². The molecule has 0 radical (unpaired) electrons. The Labute approximate surface area is 135 Å². The lowest BCUT2D eigenvalue weighted by molar-refractivity contribution is 0.0699. The van der Waals surface area contributed by atoms with Gasteiger partial charge < -0.3 is 4.90 Å². The second-order valence-electron chi connectivity index (χ2n) is 4.98. The molecule has 0 aromatic carbocycles. The molecule has 3 aromatic rings. The van der Waals surface area contributed by atoms with Crippen molar-refractivity contribution in [3.8, 4) is 0 Å². The van der Waals surface area contributed by atoms with Crippen LogP contribution in [0.15, 0.2) is 45.8 Å². The summed E-state index contributed by atoms with van der Waals surface area (Å²) in [5.74, 6) is 0.145. The maximum Gasteiger partial charge on any atom is 0.255 e.